The lowest BCUT2D eigenvalue weighted by Gasteiger charge is -2.06. The van der Waals surface area contributed by atoms with Gasteiger partial charge >= 0.3 is 0 Å². The Labute approximate surface area is 116 Å². The van der Waals surface area contributed by atoms with E-state index in [1.165, 1.54) is 11.9 Å². The SMILES string of the molecule is Nc1ncnc2c1ncn2COCCc1ccccc1. The van der Waals surface area contributed by atoms with E-state index in [1.54, 1.807) is 6.33 Å². The van der Waals surface area contributed by atoms with Crippen LogP contribution in [0.2, 0.25) is 0 Å². The molecule has 2 heterocycles. The standard InChI is InChI=1S/C14H15N5O/c15-13-12-14(17-8-16-13)19(9-18-12)10-20-7-6-11-4-2-1-3-5-11/h1-5,8-9H,6-7,10H2,(H2,15,16,17). The van der Waals surface area contributed by atoms with Gasteiger partial charge in [-0.25, -0.2) is 15.0 Å². The number of nitrogens with zero attached hydrogens (tertiary/aromatic N) is 4. The van der Waals surface area contributed by atoms with Crippen LogP contribution in [0.3, 0.4) is 0 Å². The van der Waals surface area contributed by atoms with E-state index in [4.69, 9.17) is 10.5 Å². The Balaban J connectivity index is 1.59. The Kier molecular flexibility index (Phi) is 3.56. The van der Waals surface area contributed by atoms with Crippen molar-refractivity contribution < 1.29 is 4.74 Å². The molecule has 3 aromatic rings. The predicted molar refractivity (Wildman–Crippen MR) is 75.8 cm³/mol. The molecule has 0 amide bonds. The highest BCUT2D eigenvalue weighted by molar-refractivity contribution is 5.80. The second-order valence-electron chi connectivity index (χ2n) is 4.42. The summed E-state index contributed by atoms with van der Waals surface area (Å²) in [7, 11) is 0. The van der Waals surface area contributed by atoms with Crippen LogP contribution in [0.1, 0.15) is 5.56 Å². The minimum atomic E-state index is 0.387. The molecule has 0 aliphatic heterocycles. The molecule has 3 rings (SSSR count). The number of aromatic nitrogens is 4. The van der Waals surface area contributed by atoms with Crippen LogP contribution in [0, 0.1) is 0 Å². The van der Waals surface area contributed by atoms with Gasteiger partial charge in [-0.1, -0.05) is 30.3 Å². The quantitative estimate of drug-likeness (QED) is 0.712. The highest BCUT2D eigenvalue weighted by Crippen LogP contribution is 2.13. The van der Waals surface area contributed by atoms with Gasteiger partial charge in [0, 0.05) is 0 Å². The Hall–Kier alpha value is -2.47. The van der Waals surface area contributed by atoms with Gasteiger partial charge in [0.25, 0.3) is 0 Å². The maximum atomic E-state index is 5.73. The predicted octanol–water partition coefficient (Wildman–Crippen LogP) is 1.63. The zero-order chi connectivity index (χ0) is 13.8. The summed E-state index contributed by atoms with van der Waals surface area (Å²) in [6.07, 6.45) is 3.97. The molecule has 6 heteroatoms. The molecule has 20 heavy (non-hydrogen) atoms. The normalized spacial score (nSPS) is 11.0. The molecule has 0 unspecified atom stereocenters. The van der Waals surface area contributed by atoms with Crippen molar-refractivity contribution in [3.05, 3.63) is 48.5 Å². The van der Waals surface area contributed by atoms with Gasteiger partial charge in [-0.05, 0) is 12.0 Å². The summed E-state index contributed by atoms with van der Waals surface area (Å²) in [6, 6.07) is 10.2. The molecule has 0 atom stereocenters. The van der Waals surface area contributed by atoms with Crippen molar-refractivity contribution in [1.82, 2.24) is 19.5 Å². The summed E-state index contributed by atoms with van der Waals surface area (Å²) in [5.74, 6) is 0.387. The lowest BCUT2D eigenvalue weighted by molar-refractivity contribution is 0.0816. The molecule has 6 nitrogen and oxygen atoms in total. The number of benzene rings is 1. The van der Waals surface area contributed by atoms with Crippen LogP contribution < -0.4 is 5.73 Å². The Morgan fingerprint density at radius 3 is 2.80 bits per heavy atom. The Morgan fingerprint density at radius 1 is 1.10 bits per heavy atom. The van der Waals surface area contributed by atoms with Crippen LogP contribution in [0.5, 0.6) is 0 Å². The molecule has 0 radical (unpaired) electrons. The van der Waals surface area contributed by atoms with Crippen LogP contribution >= 0.6 is 0 Å². The summed E-state index contributed by atoms with van der Waals surface area (Å²) in [4.78, 5) is 12.3. The number of nitrogens with two attached hydrogens (primary N) is 1. The summed E-state index contributed by atoms with van der Waals surface area (Å²) in [5, 5.41) is 0. The smallest absolute Gasteiger partial charge is 0.167 e. The van der Waals surface area contributed by atoms with E-state index in [0.29, 0.717) is 30.3 Å². The van der Waals surface area contributed by atoms with Crippen molar-refractivity contribution in [2.24, 2.45) is 0 Å². The fraction of sp³-hybridized carbons (Fsp3) is 0.214. The highest BCUT2D eigenvalue weighted by atomic mass is 16.5. The van der Waals surface area contributed by atoms with Gasteiger partial charge in [0.2, 0.25) is 0 Å². The average molecular weight is 269 g/mol. The second kappa shape index (κ2) is 5.66. The first-order valence-electron chi connectivity index (χ1n) is 6.37. The van der Waals surface area contributed by atoms with E-state index < -0.39 is 0 Å². The van der Waals surface area contributed by atoms with E-state index in [0.717, 1.165) is 6.42 Å². The van der Waals surface area contributed by atoms with Crippen molar-refractivity contribution in [1.29, 1.82) is 0 Å². The van der Waals surface area contributed by atoms with E-state index >= 15 is 0 Å². The zero-order valence-corrected chi connectivity index (χ0v) is 10.9. The largest absolute Gasteiger partial charge is 0.382 e. The van der Waals surface area contributed by atoms with Gasteiger partial charge in [0.1, 0.15) is 18.6 Å². The molecule has 0 saturated heterocycles. The fourth-order valence-electron chi connectivity index (χ4n) is 1.99. The van der Waals surface area contributed by atoms with Crippen molar-refractivity contribution in [3.8, 4) is 0 Å². The Morgan fingerprint density at radius 2 is 1.95 bits per heavy atom. The van der Waals surface area contributed by atoms with Gasteiger partial charge in [-0.2, -0.15) is 0 Å². The molecule has 0 spiro atoms. The molecule has 1 aromatic carbocycles. The first kappa shape index (κ1) is 12.6. The molecule has 0 saturated carbocycles. The number of nitrogen functional groups attached to an aromatic ring is 1. The van der Waals surface area contributed by atoms with E-state index in [9.17, 15) is 0 Å². The van der Waals surface area contributed by atoms with Crippen molar-refractivity contribution in [3.63, 3.8) is 0 Å². The first-order valence-corrected chi connectivity index (χ1v) is 6.37. The van der Waals surface area contributed by atoms with Crippen molar-refractivity contribution >= 4 is 17.0 Å². The third-order valence-corrected chi connectivity index (χ3v) is 3.04. The van der Waals surface area contributed by atoms with Crippen molar-refractivity contribution in [2.45, 2.75) is 13.2 Å². The third kappa shape index (κ3) is 2.60. The maximum Gasteiger partial charge on any atom is 0.167 e. The van der Waals surface area contributed by atoms with Crippen LogP contribution in [0.4, 0.5) is 5.82 Å². The molecule has 0 aliphatic rings. The van der Waals surface area contributed by atoms with Crippen LogP contribution in [-0.2, 0) is 17.9 Å². The molecule has 102 valence electrons. The van der Waals surface area contributed by atoms with Crippen LogP contribution in [0.15, 0.2) is 43.0 Å². The van der Waals surface area contributed by atoms with Crippen LogP contribution in [0.25, 0.3) is 11.2 Å². The molecular formula is C14H15N5O. The van der Waals surface area contributed by atoms with Gasteiger partial charge in [-0.3, -0.25) is 4.57 Å². The number of hydrogen-bond donors (Lipinski definition) is 1. The lowest BCUT2D eigenvalue weighted by Crippen LogP contribution is -2.05. The topological polar surface area (TPSA) is 78.9 Å². The maximum absolute atomic E-state index is 5.73. The summed E-state index contributed by atoms with van der Waals surface area (Å²) >= 11 is 0. The number of anilines is 1. The van der Waals surface area contributed by atoms with E-state index in [2.05, 4.69) is 27.1 Å². The molecule has 0 aliphatic carbocycles. The van der Waals surface area contributed by atoms with Gasteiger partial charge in [0.05, 0.1) is 12.9 Å². The molecule has 2 aromatic heterocycles. The van der Waals surface area contributed by atoms with E-state index in [1.807, 2.05) is 22.8 Å². The Bertz CT molecular complexity index is 695. The monoisotopic (exact) mass is 269 g/mol. The number of hydrogen-bond acceptors (Lipinski definition) is 5. The molecule has 0 fully saturated rings. The fourth-order valence-corrected chi connectivity index (χ4v) is 1.99. The second-order valence-corrected chi connectivity index (χ2v) is 4.42. The number of ether oxygens (including phenoxy) is 1. The van der Waals surface area contributed by atoms with Gasteiger partial charge in [-0.15, -0.1) is 0 Å². The number of fused-ring (bicyclic) bond motifs is 1. The first-order chi connectivity index (χ1) is 9.84. The highest BCUT2D eigenvalue weighted by Gasteiger charge is 2.07. The minimum Gasteiger partial charge on any atom is -0.382 e. The summed E-state index contributed by atoms with van der Waals surface area (Å²) in [6.45, 7) is 1.05. The zero-order valence-electron chi connectivity index (χ0n) is 10.9. The number of imidazole rings is 1. The molecule has 2 N–H and O–H groups in total. The summed E-state index contributed by atoms with van der Waals surface area (Å²) < 4.78 is 7.47. The molecule has 0 bridgehead atoms. The van der Waals surface area contributed by atoms with E-state index in [-0.39, 0.29) is 0 Å². The van der Waals surface area contributed by atoms with Gasteiger partial charge < -0.3 is 10.5 Å². The number of rotatable bonds is 5. The molecular weight excluding hydrogens is 254 g/mol. The third-order valence-electron chi connectivity index (χ3n) is 3.04. The average Bonchev–Trinajstić information content (AvgIpc) is 2.90. The van der Waals surface area contributed by atoms with Crippen molar-refractivity contribution in [2.75, 3.05) is 12.3 Å². The minimum absolute atomic E-state index is 0.387. The van der Waals surface area contributed by atoms with Crippen LogP contribution in [-0.4, -0.2) is 26.1 Å². The summed E-state index contributed by atoms with van der Waals surface area (Å²) in [5.41, 5.74) is 8.29. The van der Waals surface area contributed by atoms with Gasteiger partial charge in [0.15, 0.2) is 11.5 Å². The lowest BCUT2D eigenvalue weighted by atomic mass is 10.2.